The van der Waals surface area contributed by atoms with Gasteiger partial charge in [-0.2, -0.15) is 0 Å². The molecule has 1 fully saturated rings. The average molecular weight is 540 g/mol. The molecule has 1 aliphatic rings. The lowest BCUT2D eigenvalue weighted by Crippen LogP contribution is -2.43. The van der Waals surface area contributed by atoms with Gasteiger partial charge in [-0.15, -0.1) is 34.2 Å². The SMILES string of the molecule is Cc1nnc(CN=C(NCC(O)c2ccc(C(C)(C)C)cc2)NC2CCCC2)n1C.I. The fourth-order valence-corrected chi connectivity index (χ4v) is 3.67. The summed E-state index contributed by atoms with van der Waals surface area (Å²) in [4.78, 5) is 4.70. The van der Waals surface area contributed by atoms with Crippen LogP contribution in [0.5, 0.6) is 0 Å². The minimum absolute atomic E-state index is 0. The summed E-state index contributed by atoms with van der Waals surface area (Å²) in [7, 11) is 1.95. The van der Waals surface area contributed by atoms with Gasteiger partial charge in [-0.25, -0.2) is 4.99 Å². The summed E-state index contributed by atoms with van der Waals surface area (Å²) in [6.45, 7) is 9.33. The molecule has 0 saturated heterocycles. The molecule has 7 nitrogen and oxygen atoms in total. The summed E-state index contributed by atoms with van der Waals surface area (Å²) in [5.74, 6) is 2.40. The number of aryl methyl sites for hydroxylation is 1. The number of rotatable bonds is 6. The van der Waals surface area contributed by atoms with Crippen molar-refractivity contribution < 1.29 is 5.11 Å². The molecule has 3 N–H and O–H groups in total. The maximum absolute atomic E-state index is 10.7. The number of aromatic nitrogens is 3. The van der Waals surface area contributed by atoms with Crippen molar-refractivity contribution in [3.05, 3.63) is 47.0 Å². The van der Waals surface area contributed by atoms with E-state index in [0.717, 1.165) is 30.1 Å². The number of hydrogen-bond acceptors (Lipinski definition) is 4. The van der Waals surface area contributed by atoms with Crippen molar-refractivity contribution in [2.24, 2.45) is 12.0 Å². The zero-order valence-electron chi connectivity index (χ0n) is 19.4. The van der Waals surface area contributed by atoms with Crippen LogP contribution in [0.3, 0.4) is 0 Å². The van der Waals surface area contributed by atoms with Crippen LogP contribution in [0.2, 0.25) is 0 Å². The van der Waals surface area contributed by atoms with Crippen LogP contribution in [0.1, 0.15) is 75.3 Å². The first-order chi connectivity index (χ1) is 14.2. The van der Waals surface area contributed by atoms with Crippen LogP contribution in [0, 0.1) is 6.92 Å². The molecule has 2 aromatic rings. The third-order valence-electron chi connectivity index (χ3n) is 5.88. The molecular formula is C23H37IN6O. The molecule has 172 valence electrons. The second kappa shape index (κ2) is 11.3. The van der Waals surface area contributed by atoms with Gasteiger partial charge in [0.15, 0.2) is 11.8 Å². The largest absolute Gasteiger partial charge is 0.387 e. The Morgan fingerprint density at radius 2 is 1.84 bits per heavy atom. The Balaban J connectivity index is 0.00000341. The van der Waals surface area contributed by atoms with Gasteiger partial charge in [0.05, 0.1) is 6.10 Å². The van der Waals surface area contributed by atoms with E-state index in [0.29, 0.717) is 25.1 Å². The van der Waals surface area contributed by atoms with Crippen molar-refractivity contribution in [1.29, 1.82) is 0 Å². The highest BCUT2D eigenvalue weighted by molar-refractivity contribution is 14.0. The molecule has 0 aliphatic heterocycles. The third-order valence-corrected chi connectivity index (χ3v) is 5.88. The second-order valence-corrected chi connectivity index (χ2v) is 9.28. The molecule has 8 heteroatoms. The minimum atomic E-state index is -0.605. The predicted octanol–water partition coefficient (Wildman–Crippen LogP) is 3.75. The van der Waals surface area contributed by atoms with E-state index in [2.05, 4.69) is 53.7 Å². The highest BCUT2D eigenvalue weighted by Crippen LogP contribution is 2.24. The molecule has 3 rings (SSSR count). The Morgan fingerprint density at radius 3 is 2.39 bits per heavy atom. The normalized spacial score (nSPS) is 16.1. The molecule has 1 aromatic carbocycles. The standard InChI is InChI=1S/C23H36N6O.HI/c1-16-27-28-21(29(16)5)15-25-22(26-19-8-6-7-9-19)24-14-20(30)17-10-12-18(13-11-17)23(2,3)4;/h10-13,19-20,30H,6-9,14-15H2,1-5H3,(H2,24,25,26);1H. The summed E-state index contributed by atoms with van der Waals surface area (Å²) in [5, 5.41) is 25.8. The van der Waals surface area contributed by atoms with Crippen molar-refractivity contribution in [1.82, 2.24) is 25.4 Å². The van der Waals surface area contributed by atoms with E-state index in [1.807, 2.05) is 30.7 Å². The van der Waals surface area contributed by atoms with E-state index in [4.69, 9.17) is 4.99 Å². The smallest absolute Gasteiger partial charge is 0.192 e. The van der Waals surface area contributed by atoms with Gasteiger partial charge in [0.25, 0.3) is 0 Å². The lowest BCUT2D eigenvalue weighted by molar-refractivity contribution is 0.180. The Labute approximate surface area is 203 Å². The maximum atomic E-state index is 10.7. The van der Waals surface area contributed by atoms with Gasteiger partial charge in [0, 0.05) is 19.6 Å². The van der Waals surface area contributed by atoms with E-state index in [-0.39, 0.29) is 29.4 Å². The van der Waals surface area contributed by atoms with Crippen LogP contribution < -0.4 is 10.6 Å². The molecule has 1 aliphatic carbocycles. The number of aliphatic hydroxyl groups is 1. The monoisotopic (exact) mass is 540 g/mol. The average Bonchev–Trinajstić information content (AvgIpc) is 3.34. The van der Waals surface area contributed by atoms with Gasteiger partial charge in [0.1, 0.15) is 12.4 Å². The lowest BCUT2D eigenvalue weighted by Gasteiger charge is -2.21. The summed E-state index contributed by atoms with van der Waals surface area (Å²) in [5.41, 5.74) is 2.26. The van der Waals surface area contributed by atoms with E-state index in [1.165, 1.54) is 18.4 Å². The first kappa shape index (κ1) is 25.6. The number of nitrogens with zero attached hydrogens (tertiary/aromatic N) is 4. The van der Waals surface area contributed by atoms with Crippen LogP contribution in [0.4, 0.5) is 0 Å². The fraction of sp³-hybridized carbons (Fsp3) is 0.609. The van der Waals surface area contributed by atoms with E-state index < -0.39 is 6.10 Å². The van der Waals surface area contributed by atoms with Crippen molar-refractivity contribution in [3.8, 4) is 0 Å². The van der Waals surface area contributed by atoms with Crippen molar-refractivity contribution in [2.75, 3.05) is 6.54 Å². The highest BCUT2D eigenvalue weighted by atomic mass is 127. The summed E-state index contributed by atoms with van der Waals surface area (Å²) >= 11 is 0. The van der Waals surface area contributed by atoms with E-state index in [9.17, 15) is 5.11 Å². The fourth-order valence-electron chi connectivity index (χ4n) is 3.67. The zero-order valence-corrected chi connectivity index (χ0v) is 21.7. The molecule has 31 heavy (non-hydrogen) atoms. The first-order valence-corrected chi connectivity index (χ1v) is 10.9. The molecule has 0 bridgehead atoms. The quantitative estimate of drug-likeness (QED) is 0.295. The Kier molecular flexibility index (Phi) is 9.29. The third kappa shape index (κ3) is 7.17. The molecule has 0 radical (unpaired) electrons. The first-order valence-electron chi connectivity index (χ1n) is 10.9. The van der Waals surface area contributed by atoms with Gasteiger partial charge in [-0.05, 0) is 36.3 Å². The molecule has 1 aromatic heterocycles. The molecule has 1 atom stereocenters. The van der Waals surface area contributed by atoms with Gasteiger partial charge < -0.3 is 20.3 Å². The van der Waals surface area contributed by atoms with Crippen LogP contribution >= 0.6 is 24.0 Å². The number of benzene rings is 1. The molecule has 0 spiro atoms. The maximum Gasteiger partial charge on any atom is 0.192 e. The Morgan fingerprint density at radius 1 is 1.19 bits per heavy atom. The van der Waals surface area contributed by atoms with Crippen LogP contribution in [-0.2, 0) is 19.0 Å². The second-order valence-electron chi connectivity index (χ2n) is 9.28. The highest BCUT2D eigenvalue weighted by Gasteiger charge is 2.18. The zero-order chi connectivity index (χ0) is 21.7. The summed E-state index contributed by atoms with van der Waals surface area (Å²) in [6, 6.07) is 8.65. The van der Waals surface area contributed by atoms with Crippen LogP contribution in [0.25, 0.3) is 0 Å². The number of nitrogens with one attached hydrogen (secondary N) is 2. The Bertz CT molecular complexity index is 850. The van der Waals surface area contributed by atoms with Crippen molar-refractivity contribution in [2.45, 2.75) is 77.5 Å². The number of aliphatic hydroxyl groups excluding tert-OH is 1. The van der Waals surface area contributed by atoms with Gasteiger partial charge in [-0.1, -0.05) is 57.9 Å². The topological polar surface area (TPSA) is 87.4 Å². The number of guanidine groups is 1. The Hall–Kier alpha value is -1.68. The summed E-state index contributed by atoms with van der Waals surface area (Å²) < 4.78 is 1.95. The minimum Gasteiger partial charge on any atom is -0.387 e. The lowest BCUT2D eigenvalue weighted by atomic mass is 9.86. The predicted molar refractivity (Wildman–Crippen MR) is 136 cm³/mol. The van der Waals surface area contributed by atoms with Crippen LogP contribution in [0.15, 0.2) is 29.3 Å². The number of hydrogen-bond donors (Lipinski definition) is 3. The van der Waals surface area contributed by atoms with Gasteiger partial charge in [-0.3, -0.25) is 0 Å². The summed E-state index contributed by atoms with van der Waals surface area (Å²) in [6.07, 6.45) is 4.19. The van der Waals surface area contributed by atoms with Crippen molar-refractivity contribution >= 4 is 29.9 Å². The molecule has 1 unspecified atom stereocenters. The van der Waals surface area contributed by atoms with E-state index >= 15 is 0 Å². The molecule has 1 saturated carbocycles. The number of halogens is 1. The molecular weight excluding hydrogens is 503 g/mol. The molecule has 1 heterocycles. The van der Waals surface area contributed by atoms with E-state index in [1.54, 1.807) is 0 Å². The van der Waals surface area contributed by atoms with Crippen LogP contribution in [-0.4, -0.2) is 38.4 Å². The van der Waals surface area contributed by atoms with Gasteiger partial charge in [0.2, 0.25) is 0 Å². The number of aliphatic imine (C=N–C) groups is 1. The van der Waals surface area contributed by atoms with Gasteiger partial charge >= 0.3 is 0 Å². The van der Waals surface area contributed by atoms with Crippen molar-refractivity contribution in [3.63, 3.8) is 0 Å². The molecule has 0 amide bonds.